The van der Waals surface area contributed by atoms with Crippen molar-refractivity contribution in [2.75, 3.05) is 13.1 Å². The summed E-state index contributed by atoms with van der Waals surface area (Å²) < 4.78 is 2.18. The lowest BCUT2D eigenvalue weighted by Crippen LogP contribution is -2.43. The first kappa shape index (κ1) is 22.1. The number of aromatic nitrogens is 1. The summed E-state index contributed by atoms with van der Waals surface area (Å²) in [5, 5.41) is 1.90. The fraction of sp³-hybridized carbons (Fsp3) is 0.308. The predicted molar refractivity (Wildman–Crippen MR) is 129 cm³/mol. The van der Waals surface area contributed by atoms with Crippen molar-refractivity contribution in [2.45, 2.75) is 38.9 Å². The van der Waals surface area contributed by atoms with Crippen LogP contribution in [0, 0.1) is 6.92 Å². The molecule has 2 aromatic heterocycles. The normalized spacial score (nSPS) is 13.0. The van der Waals surface area contributed by atoms with Crippen LogP contribution < -0.4 is 0 Å². The van der Waals surface area contributed by atoms with E-state index >= 15 is 0 Å². The molecule has 1 aromatic carbocycles. The topological polar surface area (TPSA) is 45.6 Å². The van der Waals surface area contributed by atoms with Crippen molar-refractivity contribution in [1.29, 1.82) is 0 Å². The summed E-state index contributed by atoms with van der Waals surface area (Å²) in [6, 6.07) is 16.3. The van der Waals surface area contributed by atoms with Gasteiger partial charge >= 0.3 is 0 Å². The standard InChI is InChI=1S/C26H29N3O2S/c1-3-14-28(18-23-10-6-15-27(23)17-21-9-5-4-8-20(21)2)25(30)19-29(22-12-13-22)26(31)24-11-7-16-32-24/h3-11,15-16,22H,1,12-14,17-19H2,2H3. The van der Waals surface area contributed by atoms with E-state index in [1.54, 1.807) is 15.9 Å². The summed E-state index contributed by atoms with van der Waals surface area (Å²) in [6.45, 7) is 7.74. The number of carbonyl (C=O) groups is 2. The van der Waals surface area contributed by atoms with E-state index < -0.39 is 0 Å². The third kappa shape index (κ3) is 5.19. The molecule has 166 valence electrons. The molecule has 5 nitrogen and oxygen atoms in total. The Morgan fingerprint density at radius 1 is 1.16 bits per heavy atom. The Labute approximate surface area is 193 Å². The molecule has 4 rings (SSSR count). The Morgan fingerprint density at radius 2 is 1.97 bits per heavy atom. The first-order valence-electron chi connectivity index (χ1n) is 11.0. The maximum Gasteiger partial charge on any atom is 0.264 e. The minimum Gasteiger partial charge on any atom is -0.345 e. The molecule has 3 aromatic rings. The fourth-order valence-corrected chi connectivity index (χ4v) is 4.54. The maximum atomic E-state index is 13.3. The van der Waals surface area contributed by atoms with Gasteiger partial charge in [-0.3, -0.25) is 9.59 Å². The van der Waals surface area contributed by atoms with Gasteiger partial charge in [-0.2, -0.15) is 0 Å². The van der Waals surface area contributed by atoms with Crippen LogP contribution in [0.5, 0.6) is 0 Å². The van der Waals surface area contributed by atoms with Crippen molar-refractivity contribution in [3.63, 3.8) is 0 Å². The number of amides is 2. The van der Waals surface area contributed by atoms with Crippen LogP contribution in [-0.2, 0) is 17.9 Å². The quantitative estimate of drug-likeness (QED) is 0.422. The second-order valence-corrected chi connectivity index (χ2v) is 9.21. The highest BCUT2D eigenvalue weighted by atomic mass is 32.1. The van der Waals surface area contributed by atoms with Crippen LogP contribution in [0.25, 0.3) is 0 Å². The molecule has 0 N–H and O–H groups in total. The van der Waals surface area contributed by atoms with Crippen LogP contribution >= 0.6 is 11.3 Å². The van der Waals surface area contributed by atoms with E-state index in [1.165, 1.54) is 22.5 Å². The number of nitrogens with zero attached hydrogens (tertiary/aromatic N) is 3. The lowest BCUT2D eigenvalue weighted by Gasteiger charge is -2.27. The van der Waals surface area contributed by atoms with E-state index in [4.69, 9.17) is 0 Å². The first-order valence-corrected chi connectivity index (χ1v) is 11.9. The molecule has 1 saturated carbocycles. The van der Waals surface area contributed by atoms with Gasteiger partial charge in [-0.15, -0.1) is 17.9 Å². The summed E-state index contributed by atoms with van der Waals surface area (Å²) in [4.78, 5) is 30.4. The molecule has 32 heavy (non-hydrogen) atoms. The number of aryl methyl sites for hydroxylation is 1. The number of rotatable bonds is 10. The molecule has 1 aliphatic rings. The van der Waals surface area contributed by atoms with Gasteiger partial charge in [0.15, 0.2) is 0 Å². The van der Waals surface area contributed by atoms with Gasteiger partial charge in [-0.05, 0) is 54.5 Å². The lowest BCUT2D eigenvalue weighted by atomic mass is 10.1. The Hall–Kier alpha value is -3.12. The van der Waals surface area contributed by atoms with Crippen molar-refractivity contribution >= 4 is 23.2 Å². The van der Waals surface area contributed by atoms with Crippen LogP contribution in [0.4, 0.5) is 0 Å². The molecule has 0 unspecified atom stereocenters. The summed E-state index contributed by atoms with van der Waals surface area (Å²) in [6.07, 6.45) is 5.72. The summed E-state index contributed by atoms with van der Waals surface area (Å²) >= 11 is 1.42. The van der Waals surface area contributed by atoms with Crippen LogP contribution in [0.1, 0.15) is 39.3 Å². The van der Waals surface area contributed by atoms with E-state index in [-0.39, 0.29) is 24.4 Å². The third-order valence-corrected chi connectivity index (χ3v) is 6.72. The van der Waals surface area contributed by atoms with Crippen LogP contribution in [-0.4, -0.2) is 45.3 Å². The Bertz CT molecular complexity index is 1080. The van der Waals surface area contributed by atoms with E-state index in [2.05, 4.69) is 48.5 Å². The molecule has 2 amide bonds. The van der Waals surface area contributed by atoms with Gasteiger partial charge in [0.05, 0.1) is 11.4 Å². The number of carbonyl (C=O) groups excluding carboxylic acids is 2. The zero-order valence-corrected chi connectivity index (χ0v) is 19.3. The number of benzene rings is 1. The molecule has 0 spiro atoms. The van der Waals surface area contributed by atoms with Crippen molar-refractivity contribution in [3.8, 4) is 0 Å². The third-order valence-electron chi connectivity index (χ3n) is 5.87. The van der Waals surface area contributed by atoms with Gasteiger partial charge in [0, 0.05) is 31.0 Å². The fourth-order valence-electron chi connectivity index (χ4n) is 3.86. The van der Waals surface area contributed by atoms with Crippen molar-refractivity contribution < 1.29 is 9.59 Å². The summed E-state index contributed by atoms with van der Waals surface area (Å²) in [5.74, 6) is -0.0947. The molecule has 1 aliphatic carbocycles. The molecule has 0 radical (unpaired) electrons. The predicted octanol–water partition coefficient (Wildman–Crippen LogP) is 4.73. The van der Waals surface area contributed by atoms with Gasteiger partial charge in [-0.1, -0.05) is 36.4 Å². The maximum absolute atomic E-state index is 13.3. The molecular formula is C26H29N3O2S. The molecule has 2 heterocycles. The highest BCUT2D eigenvalue weighted by Gasteiger charge is 2.35. The van der Waals surface area contributed by atoms with Gasteiger partial charge in [-0.25, -0.2) is 0 Å². The molecule has 6 heteroatoms. The summed E-state index contributed by atoms with van der Waals surface area (Å²) in [5.41, 5.74) is 3.57. The zero-order valence-electron chi connectivity index (χ0n) is 18.4. The first-order chi connectivity index (χ1) is 15.6. The highest BCUT2D eigenvalue weighted by molar-refractivity contribution is 7.12. The van der Waals surface area contributed by atoms with Crippen LogP contribution in [0.2, 0.25) is 0 Å². The van der Waals surface area contributed by atoms with Crippen molar-refractivity contribution in [1.82, 2.24) is 14.4 Å². The highest BCUT2D eigenvalue weighted by Crippen LogP contribution is 2.29. The minimum atomic E-state index is -0.0506. The lowest BCUT2D eigenvalue weighted by molar-refractivity contribution is -0.132. The van der Waals surface area contributed by atoms with E-state index in [9.17, 15) is 9.59 Å². The van der Waals surface area contributed by atoms with E-state index in [1.807, 2.05) is 29.6 Å². The number of thiophene rings is 1. The number of hydrogen-bond acceptors (Lipinski definition) is 3. The van der Waals surface area contributed by atoms with E-state index in [0.717, 1.165) is 25.1 Å². The second-order valence-electron chi connectivity index (χ2n) is 8.26. The van der Waals surface area contributed by atoms with Gasteiger partial charge in [0.1, 0.15) is 6.54 Å². The molecule has 0 aliphatic heterocycles. The van der Waals surface area contributed by atoms with Crippen molar-refractivity contribution in [3.05, 3.63) is 94.5 Å². The SMILES string of the molecule is C=CCN(Cc1cccn1Cc1ccccc1C)C(=O)CN(C(=O)c1cccs1)C1CC1. The largest absolute Gasteiger partial charge is 0.345 e. The Balaban J connectivity index is 1.47. The minimum absolute atomic E-state index is 0.0441. The van der Waals surface area contributed by atoms with Gasteiger partial charge in [0.2, 0.25) is 5.91 Å². The average molecular weight is 448 g/mol. The average Bonchev–Trinajstić information content (AvgIpc) is 3.29. The monoisotopic (exact) mass is 447 g/mol. The smallest absolute Gasteiger partial charge is 0.264 e. The second kappa shape index (κ2) is 10.0. The molecule has 0 saturated heterocycles. The summed E-state index contributed by atoms with van der Waals surface area (Å²) in [7, 11) is 0. The Morgan fingerprint density at radius 3 is 2.66 bits per heavy atom. The zero-order chi connectivity index (χ0) is 22.5. The molecule has 1 fully saturated rings. The van der Waals surface area contributed by atoms with Gasteiger partial charge < -0.3 is 14.4 Å². The van der Waals surface area contributed by atoms with Crippen LogP contribution in [0.15, 0.2) is 72.8 Å². The molecule has 0 atom stereocenters. The van der Waals surface area contributed by atoms with E-state index in [0.29, 0.717) is 18.0 Å². The Kier molecular flexibility index (Phi) is 6.90. The number of hydrogen-bond donors (Lipinski definition) is 0. The van der Waals surface area contributed by atoms with Gasteiger partial charge in [0.25, 0.3) is 5.91 Å². The molecular weight excluding hydrogens is 418 g/mol. The molecule has 0 bridgehead atoms. The van der Waals surface area contributed by atoms with Crippen LogP contribution in [0.3, 0.4) is 0 Å². The van der Waals surface area contributed by atoms with Crippen molar-refractivity contribution in [2.24, 2.45) is 0 Å².